The van der Waals surface area contributed by atoms with E-state index in [2.05, 4.69) is 47.6 Å². The molecule has 1 unspecified atom stereocenters. The summed E-state index contributed by atoms with van der Waals surface area (Å²) < 4.78 is 0. The highest BCUT2D eigenvalue weighted by Gasteiger charge is 2.20. The first-order chi connectivity index (χ1) is 9.22. The van der Waals surface area contributed by atoms with E-state index in [4.69, 9.17) is 4.98 Å². The first-order valence-electron chi connectivity index (χ1n) is 6.86. The lowest BCUT2D eigenvalue weighted by Crippen LogP contribution is -2.11. The fourth-order valence-corrected chi connectivity index (χ4v) is 2.52. The number of hydrogen-bond acceptors (Lipinski definition) is 3. The summed E-state index contributed by atoms with van der Waals surface area (Å²) in [7, 11) is 0. The highest BCUT2D eigenvalue weighted by atomic mass is 15.0. The molecule has 1 saturated heterocycles. The number of aryl methyl sites for hydroxylation is 2. The van der Waals surface area contributed by atoms with Crippen molar-refractivity contribution in [2.24, 2.45) is 0 Å². The van der Waals surface area contributed by atoms with Gasteiger partial charge in [-0.1, -0.05) is 29.8 Å². The van der Waals surface area contributed by atoms with Crippen molar-refractivity contribution < 1.29 is 0 Å². The van der Waals surface area contributed by atoms with Crippen molar-refractivity contribution in [3.8, 4) is 11.3 Å². The van der Waals surface area contributed by atoms with Crippen LogP contribution in [0.2, 0.25) is 0 Å². The van der Waals surface area contributed by atoms with Gasteiger partial charge in [0.15, 0.2) is 0 Å². The third-order valence-electron chi connectivity index (χ3n) is 3.64. The maximum atomic E-state index is 4.76. The molecule has 3 heteroatoms. The predicted octanol–water partition coefficient (Wildman–Crippen LogP) is 2.84. The Hall–Kier alpha value is -1.74. The highest BCUT2D eigenvalue weighted by Crippen LogP contribution is 2.23. The Morgan fingerprint density at radius 3 is 2.58 bits per heavy atom. The largest absolute Gasteiger partial charge is 0.316 e. The SMILES string of the molecule is Cc1ccc(-c2cc(C)nc(C3CCNC3)n2)cc1. The van der Waals surface area contributed by atoms with Crippen LogP contribution in [0.5, 0.6) is 0 Å². The van der Waals surface area contributed by atoms with Crippen LogP contribution >= 0.6 is 0 Å². The van der Waals surface area contributed by atoms with Gasteiger partial charge < -0.3 is 5.32 Å². The Balaban J connectivity index is 1.99. The molecule has 0 amide bonds. The minimum atomic E-state index is 0.462. The van der Waals surface area contributed by atoms with Gasteiger partial charge in [-0.15, -0.1) is 0 Å². The molecule has 1 aromatic heterocycles. The molecular formula is C16H19N3. The molecule has 1 aromatic carbocycles. The molecular weight excluding hydrogens is 234 g/mol. The molecule has 0 radical (unpaired) electrons. The first-order valence-corrected chi connectivity index (χ1v) is 6.86. The van der Waals surface area contributed by atoms with E-state index < -0.39 is 0 Å². The second-order valence-corrected chi connectivity index (χ2v) is 5.31. The summed E-state index contributed by atoms with van der Waals surface area (Å²) in [5.41, 5.74) is 4.53. The summed E-state index contributed by atoms with van der Waals surface area (Å²) in [6, 6.07) is 10.6. The Morgan fingerprint density at radius 1 is 1.11 bits per heavy atom. The van der Waals surface area contributed by atoms with Gasteiger partial charge in [0.1, 0.15) is 5.82 Å². The third-order valence-corrected chi connectivity index (χ3v) is 3.64. The van der Waals surface area contributed by atoms with Crippen LogP contribution in [-0.4, -0.2) is 23.1 Å². The normalized spacial score (nSPS) is 18.7. The van der Waals surface area contributed by atoms with Gasteiger partial charge in [0.25, 0.3) is 0 Å². The molecule has 0 bridgehead atoms. The average Bonchev–Trinajstić information content (AvgIpc) is 2.93. The second-order valence-electron chi connectivity index (χ2n) is 5.31. The predicted molar refractivity (Wildman–Crippen MR) is 77.2 cm³/mol. The number of hydrogen-bond donors (Lipinski definition) is 1. The summed E-state index contributed by atoms with van der Waals surface area (Å²) >= 11 is 0. The van der Waals surface area contributed by atoms with Crippen LogP contribution in [0, 0.1) is 13.8 Å². The van der Waals surface area contributed by atoms with Crippen molar-refractivity contribution in [2.75, 3.05) is 13.1 Å². The fourth-order valence-electron chi connectivity index (χ4n) is 2.52. The van der Waals surface area contributed by atoms with Gasteiger partial charge in [-0.2, -0.15) is 0 Å². The molecule has 1 N–H and O–H groups in total. The van der Waals surface area contributed by atoms with Gasteiger partial charge in [0.05, 0.1) is 5.69 Å². The van der Waals surface area contributed by atoms with E-state index in [-0.39, 0.29) is 0 Å². The Bertz CT molecular complexity index is 569. The molecule has 2 heterocycles. The quantitative estimate of drug-likeness (QED) is 0.894. The number of nitrogens with zero attached hydrogens (tertiary/aromatic N) is 2. The zero-order chi connectivity index (χ0) is 13.2. The van der Waals surface area contributed by atoms with E-state index in [0.29, 0.717) is 5.92 Å². The molecule has 0 spiro atoms. The van der Waals surface area contributed by atoms with Crippen molar-refractivity contribution >= 4 is 0 Å². The van der Waals surface area contributed by atoms with Crippen molar-refractivity contribution in [1.82, 2.24) is 15.3 Å². The van der Waals surface area contributed by atoms with Gasteiger partial charge in [-0.3, -0.25) is 0 Å². The monoisotopic (exact) mass is 253 g/mol. The molecule has 2 aromatic rings. The van der Waals surface area contributed by atoms with E-state index >= 15 is 0 Å². The van der Waals surface area contributed by atoms with Crippen LogP contribution in [0.15, 0.2) is 30.3 Å². The zero-order valence-electron chi connectivity index (χ0n) is 11.5. The lowest BCUT2D eigenvalue weighted by atomic mass is 10.1. The minimum absolute atomic E-state index is 0.462. The van der Waals surface area contributed by atoms with E-state index in [1.807, 2.05) is 6.92 Å². The molecule has 1 aliphatic heterocycles. The van der Waals surface area contributed by atoms with Crippen LogP contribution in [0.1, 0.15) is 29.4 Å². The van der Waals surface area contributed by atoms with E-state index in [1.54, 1.807) is 0 Å². The number of nitrogens with one attached hydrogen (secondary N) is 1. The van der Waals surface area contributed by atoms with Crippen LogP contribution < -0.4 is 5.32 Å². The summed E-state index contributed by atoms with van der Waals surface area (Å²) in [6.45, 7) is 6.22. The van der Waals surface area contributed by atoms with Crippen molar-refractivity contribution in [3.05, 3.63) is 47.4 Å². The fraction of sp³-hybridized carbons (Fsp3) is 0.375. The van der Waals surface area contributed by atoms with Crippen LogP contribution in [0.25, 0.3) is 11.3 Å². The first kappa shape index (κ1) is 12.3. The van der Waals surface area contributed by atoms with Crippen LogP contribution in [-0.2, 0) is 0 Å². The Kier molecular flexibility index (Phi) is 3.30. The summed E-state index contributed by atoms with van der Waals surface area (Å²) in [5.74, 6) is 1.45. The second kappa shape index (κ2) is 5.10. The molecule has 1 aliphatic rings. The van der Waals surface area contributed by atoms with E-state index in [1.165, 1.54) is 11.1 Å². The van der Waals surface area contributed by atoms with Gasteiger partial charge in [-0.25, -0.2) is 9.97 Å². The maximum Gasteiger partial charge on any atom is 0.133 e. The topological polar surface area (TPSA) is 37.8 Å². The highest BCUT2D eigenvalue weighted by molar-refractivity contribution is 5.59. The molecule has 0 aliphatic carbocycles. The van der Waals surface area contributed by atoms with Gasteiger partial charge >= 0.3 is 0 Å². The lowest BCUT2D eigenvalue weighted by molar-refractivity contribution is 0.698. The molecule has 1 atom stereocenters. The molecule has 98 valence electrons. The molecule has 1 fully saturated rings. The molecule has 3 rings (SSSR count). The van der Waals surface area contributed by atoms with Crippen molar-refractivity contribution in [2.45, 2.75) is 26.2 Å². The Morgan fingerprint density at radius 2 is 1.89 bits per heavy atom. The smallest absolute Gasteiger partial charge is 0.133 e. The van der Waals surface area contributed by atoms with Gasteiger partial charge in [0.2, 0.25) is 0 Å². The maximum absolute atomic E-state index is 4.76. The molecule has 0 saturated carbocycles. The van der Waals surface area contributed by atoms with Gasteiger partial charge in [-0.05, 0) is 32.9 Å². The van der Waals surface area contributed by atoms with Crippen molar-refractivity contribution in [1.29, 1.82) is 0 Å². The third kappa shape index (κ3) is 2.66. The molecule has 19 heavy (non-hydrogen) atoms. The number of rotatable bonds is 2. The van der Waals surface area contributed by atoms with Crippen LogP contribution in [0.3, 0.4) is 0 Å². The number of aromatic nitrogens is 2. The van der Waals surface area contributed by atoms with Gasteiger partial charge in [0, 0.05) is 23.7 Å². The lowest BCUT2D eigenvalue weighted by Gasteiger charge is -2.10. The summed E-state index contributed by atoms with van der Waals surface area (Å²) in [6.07, 6.45) is 1.14. The zero-order valence-corrected chi connectivity index (χ0v) is 11.5. The summed E-state index contributed by atoms with van der Waals surface area (Å²) in [4.78, 5) is 9.37. The standard InChI is InChI=1S/C16H19N3/c1-11-3-5-13(6-4-11)15-9-12(2)18-16(19-15)14-7-8-17-10-14/h3-6,9,14,17H,7-8,10H2,1-2H3. The van der Waals surface area contributed by atoms with E-state index in [0.717, 1.165) is 36.7 Å². The van der Waals surface area contributed by atoms with Crippen molar-refractivity contribution in [3.63, 3.8) is 0 Å². The average molecular weight is 253 g/mol. The number of benzene rings is 1. The molecule has 3 nitrogen and oxygen atoms in total. The Labute approximate surface area is 114 Å². The minimum Gasteiger partial charge on any atom is -0.316 e. The van der Waals surface area contributed by atoms with Crippen LogP contribution in [0.4, 0.5) is 0 Å². The van der Waals surface area contributed by atoms with E-state index in [9.17, 15) is 0 Å². The summed E-state index contributed by atoms with van der Waals surface area (Å²) in [5, 5.41) is 3.38.